The molecule has 0 fully saturated rings. The van der Waals surface area contributed by atoms with E-state index < -0.39 is 0 Å². The van der Waals surface area contributed by atoms with Crippen LogP contribution in [-0.2, 0) is 6.54 Å². The highest BCUT2D eigenvalue weighted by molar-refractivity contribution is 7.71. The third kappa shape index (κ3) is 3.10. The minimum absolute atomic E-state index is 0.102. The van der Waals surface area contributed by atoms with Gasteiger partial charge in [0.05, 0.1) is 25.1 Å². The van der Waals surface area contributed by atoms with Crippen molar-refractivity contribution in [3.05, 3.63) is 27.3 Å². The van der Waals surface area contributed by atoms with Gasteiger partial charge in [0.1, 0.15) is 0 Å². The second-order valence-corrected chi connectivity index (χ2v) is 5.71. The van der Waals surface area contributed by atoms with Gasteiger partial charge in [0.25, 0.3) is 5.56 Å². The average Bonchev–Trinajstić information content (AvgIpc) is 2.45. The first-order valence-electron chi connectivity index (χ1n) is 6.86. The number of hydrogen-bond donors (Lipinski definition) is 1. The molecule has 2 aromatic rings. The number of aromatic nitrogens is 2. The molecule has 1 N–H and O–H groups in total. The predicted octanol–water partition coefficient (Wildman–Crippen LogP) is 3.12. The van der Waals surface area contributed by atoms with Crippen LogP contribution >= 0.6 is 12.2 Å². The molecule has 0 aliphatic rings. The van der Waals surface area contributed by atoms with Gasteiger partial charge < -0.3 is 14.5 Å². The largest absolute Gasteiger partial charge is 0.493 e. The maximum atomic E-state index is 12.6. The first-order chi connectivity index (χ1) is 9.97. The molecule has 0 bridgehead atoms. The van der Waals surface area contributed by atoms with Crippen molar-refractivity contribution >= 4 is 23.1 Å². The quantitative estimate of drug-likeness (QED) is 0.862. The molecule has 21 heavy (non-hydrogen) atoms. The van der Waals surface area contributed by atoms with E-state index >= 15 is 0 Å². The third-order valence-electron chi connectivity index (χ3n) is 3.42. The standard InChI is InChI=1S/C15H20N2O3S/c1-9(2)5-6-17-14(18)10-7-12(19-3)13(20-4)8-11(10)16-15(17)21/h7-9H,5-6H2,1-4H3,(H,16,21). The second kappa shape index (κ2) is 6.30. The van der Waals surface area contributed by atoms with Gasteiger partial charge in [0.2, 0.25) is 0 Å². The zero-order valence-electron chi connectivity index (χ0n) is 12.7. The summed E-state index contributed by atoms with van der Waals surface area (Å²) in [4.78, 5) is 15.7. The molecule has 2 rings (SSSR count). The van der Waals surface area contributed by atoms with Crippen molar-refractivity contribution < 1.29 is 9.47 Å². The summed E-state index contributed by atoms with van der Waals surface area (Å²) in [5.74, 6) is 1.60. The number of fused-ring (bicyclic) bond motifs is 1. The molecule has 0 atom stereocenters. The van der Waals surface area contributed by atoms with Crippen molar-refractivity contribution in [1.82, 2.24) is 9.55 Å². The number of benzene rings is 1. The Morgan fingerprint density at radius 1 is 1.24 bits per heavy atom. The molecule has 0 saturated carbocycles. The lowest BCUT2D eigenvalue weighted by atomic mass is 10.1. The molecule has 0 unspecified atom stereocenters. The van der Waals surface area contributed by atoms with Crippen LogP contribution in [0.4, 0.5) is 0 Å². The fraction of sp³-hybridized carbons (Fsp3) is 0.467. The lowest BCUT2D eigenvalue weighted by molar-refractivity contribution is 0.355. The Kier molecular flexibility index (Phi) is 4.67. The van der Waals surface area contributed by atoms with Crippen LogP contribution in [-0.4, -0.2) is 23.8 Å². The molecule has 5 nitrogen and oxygen atoms in total. The lowest BCUT2D eigenvalue weighted by Gasteiger charge is -2.12. The van der Waals surface area contributed by atoms with Gasteiger partial charge in [-0.1, -0.05) is 13.8 Å². The van der Waals surface area contributed by atoms with Crippen molar-refractivity contribution in [3.8, 4) is 11.5 Å². The van der Waals surface area contributed by atoms with Crippen molar-refractivity contribution in [2.75, 3.05) is 14.2 Å². The van der Waals surface area contributed by atoms with E-state index in [1.807, 2.05) is 0 Å². The Balaban J connectivity index is 2.65. The summed E-state index contributed by atoms with van der Waals surface area (Å²) in [5.41, 5.74) is 0.554. The van der Waals surface area contributed by atoms with E-state index in [4.69, 9.17) is 21.7 Å². The third-order valence-corrected chi connectivity index (χ3v) is 3.74. The number of ether oxygens (including phenoxy) is 2. The number of rotatable bonds is 5. The van der Waals surface area contributed by atoms with E-state index in [0.717, 1.165) is 6.42 Å². The van der Waals surface area contributed by atoms with E-state index in [1.165, 1.54) is 0 Å². The molecule has 0 spiro atoms. The van der Waals surface area contributed by atoms with Crippen molar-refractivity contribution in [3.63, 3.8) is 0 Å². The molecule has 1 aromatic carbocycles. The first kappa shape index (κ1) is 15.6. The van der Waals surface area contributed by atoms with E-state index in [2.05, 4.69) is 18.8 Å². The summed E-state index contributed by atoms with van der Waals surface area (Å²) in [6.45, 7) is 4.84. The summed E-state index contributed by atoms with van der Waals surface area (Å²) in [6.07, 6.45) is 0.899. The normalized spacial score (nSPS) is 11.1. The Morgan fingerprint density at radius 2 is 1.86 bits per heavy atom. The van der Waals surface area contributed by atoms with Crippen LogP contribution in [0.1, 0.15) is 20.3 Å². The van der Waals surface area contributed by atoms with Gasteiger partial charge in [-0.2, -0.15) is 0 Å². The number of methoxy groups -OCH3 is 2. The van der Waals surface area contributed by atoms with Gasteiger partial charge >= 0.3 is 0 Å². The topological polar surface area (TPSA) is 56.2 Å². The number of aromatic amines is 1. The van der Waals surface area contributed by atoms with Gasteiger partial charge in [-0.3, -0.25) is 9.36 Å². The minimum atomic E-state index is -0.102. The highest BCUT2D eigenvalue weighted by atomic mass is 32.1. The Bertz CT molecular complexity index is 762. The van der Waals surface area contributed by atoms with Crippen molar-refractivity contribution in [2.45, 2.75) is 26.8 Å². The summed E-state index contributed by atoms with van der Waals surface area (Å²) in [5, 5.41) is 0.546. The smallest absolute Gasteiger partial charge is 0.262 e. The predicted molar refractivity (Wildman–Crippen MR) is 86.0 cm³/mol. The van der Waals surface area contributed by atoms with Crippen LogP contribution in [0.2, 0.25) is 0 Å². The molecule has 0 aliphatic carbocycles. The summed E-state index contributed by atoms with van der Waals surface area (Å²) < 4.78 is 12.5. The van der Waals surface area contributed by atoms with E-state index in [0.29, 0.717) is 39.6 Å². The number of H-pyrrole nitrogens is 1. The highest BCUT2D eigenvalue weighted by Gasteiger charge is 2.11. The van der Waals surface area contributed by atoms with Crippen LogP contribution in [0.3, 0.4) is 0 Å². The van der Waals surface area contributed by atoms with Crippen LogP contribution in [0.5, 0.6) is 11.5 Å². The molecular weight excluding hydrogens is 288 g/mol. The Hall–Kier alpha value is -1.82. The molecule has 0 amide bonds. The average molecular weight is 308 g/mol. The fourth-order valence-electron chi connectivity index (χ4n) is 2.17. The van der Waals surface area contributed by atoms with E-state index in [9.17, 15) is 4.79 Å². The Labute approximate surface area is 128 Å². The van der Waals surface area contributed by atoms with Gasteiger partial charge in [0.15, 0.2) is 16.3 Å². The molecule has 0 radical (unpaired) electrons. The van der Waals surface area contributed by atoms with Crippen LogP contribution < -0.4 is 15.0 Å². The number of nitrogens with zero attached hydrogens (tertiary/aromatic N) is 1. The first-order valence-corrected chi connectivity index (χ1v) is 7.27. The SMILES string of the molecule is COc1cc2[nH]c(=S)n(CCC(C)C)c(=O)c2cc1OC. The van der Waals surface area contributed by atoms with E-state index in [1.54, 1.807) is 30.9 Å². The molecule has 114 valence electrons. The van der Waals surface area contributed by atoms with Gasteiger partial charge in [-0.15, -0.1) is 0 Å². The minimum Gasteiger partial charge on any atom is -0.493 e. The molecule has 6 heteroatoms. The van der Waals surface area contributed by atoms with Crippen molar-refractivity contribution in [2.24, 2.45) is 5.92 Å². The maximum Gasteiger partial charge on any atom is 0.262 e. The monoisotopic (exact) mass is 308 g/mol. The molecule has 1 heterocycles. The van der Waals surface area contributed by atoms with Crippen LogP contribution in [0.15, 0.2) is 16.9 Å². The zero-order chi connectivity index (χ0) is 15.6. The zero-order valence-corrected chi connectivity index (χ0v) is 13.5. The molecule has 0 aliphatic heterocycles. The number of nitrogens with one attached hydrogen (secondary N) is 1. The van der Waals surface area contributed by atoms with Gasteiger partial charge in [-0.25, -0.2) is 0 Å². The van der Waals surface area contributed by atoms with E-state index in [-0.39, 0.29) is 5.56 Å². The second-order valence-electron chi connectivity index (χ2n) is 5.32. The molecule has 0 saturated heterocycles. The molecular formula is C15H20N2O3S. The molecule has 1 aromatic heterocycles. The fourth-order valence-corrected chi connectivity index (χ4v) is 2.45. The number of hydrogen-bond acceptors (Lipinski definition) is 4. The highest BCUT2D eigenvalue weighted by Crippen LogP contribution is 2.29. The maximum absolute atomic E-state index is 12.6. The lowest BCUT2D eigenvalue weighted by Crippen LogP contribution is -2.23. The summed E-state index contributed by atoms with van der Waals surface area (Å²) >= 11 is 5.30. The van der Waals surface area contributed by atoms with Crippen LogP contribution in [0.25, 0.3) is 10.9 Å². The summed E-state index contributed by atoms with van der Waals surface area (Å²) in [6, 6.07) is 3.42. The Morgan fingerprint density at radius 3 is 2.43 bits per heavy atom. The van der Waals surface area contributed by atoms with Gasteiger partial charge in [0, 0.05) is 12.6 Å². The summed E-state index contributed by atoms with van der Waals surface area (Å²) in [7, 11) is 3.11. The van der Waals surface area contributed by atoms with Crippen LogP contribution in [0, 0.1) is 10.7 Å². The van der Waals surface area contributed by atoms with Crippen molar-refractivity contribution in [1.29, 1.82) is 0 Å². The van der Waals surface area contributed by atoms with Gasteiger partial charge in [-0.05, 0) is 30.6 Å².